The van der Waals surface area contributed by atoms with Crippen LogP contribution in [0.4, 0.5) is 0 Å². The van der Waals surface area contributed by atoms with Gasteiger partial charge in [0.1, 0.15) is 12.7 Å². The number of carbonyl (C=O) groups is 2. The molecule has 0 radical (unpaired) electrons. The Morgan fingerprint density at radius 3 is 1.80 bits per heavy atom. The minimum atomic E-state index is -4.67. The van der Waals surface area contributed by atoms with Crippen LogP contribution in [-0.2, 0) is 32.7 Å². The largest absolute Gasteiger partial charge is 0.472 e. The molecule has 0 rings (SSSR count). The molecule has 0 aromatic rings. The van der Waals surface area contributed by atoms with Gasteiger partial charge >= 0.3 is 19.8 Å². The number of hydrogen-bond acceptors (Lipinski definition) is 11. The number of hydrogen-bond donors (Lipinski definition) is 5. The summed E-state index contributed by atoms with van der Waals surface area (Å²) in [5.41, 5.74) is 0. The van der Waals surface area contributed by atoms with E-state index < -0.39 is 70.6 Å². The quantitative estimate of drug-likeness (QED) is 0.0129. The molecular formula is C48H81O12P. The van der Waals surface area contributed by atoms with Crippen LogP contribution < -0.4 is 0 Å². The van der Waals surface area contributed by atoms with Crippen LogP contribution in [0.25, 0.3) is 0 Å². The maximum absolute atomic E-state index is 12.6. The fourth-order valence-corrected chi connectivity index (χ4v) is 6.46. The summed E-state index contributed by atoms with van der Waals surface area (Å²) < 4.78 is 32.6. The molecule has 0 aliphatic carbocycles. The molecule has 0 aromatic carbocycles. The van der Waals surface area contributed by atoms with E-state index in [0.29, 0.717) is 32.1 Å². The molecule has 0 heterocycles. The van der Waals surface area contributed by atoms with E-state index in [1.165, 1.54) is 57.8 Å². The van der Waals surface area contributed by atoms with Crippen LogP contribution in [0.5, 0.6) is 0 Å². The molecule has 61 heavy (non-hydrogen) atoms. The lowest BCUT2D eigenvalue weighted by Crippen LogP contribution is -2.29. The molecule has 1 unspecified atom stereocenters. The number of carbonyl (C=O) groups excluding carboxylic acids is 2. The Bertz CT molecular complexity index is 1320. The molecule has 0 aliphatic heterocycles. The van der Waals surface area contributed by atoms with Crippen LogP contribution in [0.1, 0.15) is 155 Å². The maximum atomic E-state index is 12.6. The van der Waals surface area contributed by atoms with E-state index in [0.717, 1.165) is 38.5 Å². The van der Waals surface area contributed by atoms with Gasteiger partial charge in [0.15, 0.2) is 6.10 Å². The molecule has 0 saturated carbocycles. The zero-order chi connectivity index (χ0) is 45.1. The standard InChI is InChI=1S/C48H81O12P/c1-3-5-7-8-9-10-11-12-13-14-15-16-17-18-22-25-31-38-48(54)60-46(42-59-61(55,56)58-40-45(52)39-49)41-57-47(53)37-32-26-30-36-44(51)35-29-24-21-19-20-23-28-34-43(50)33-27-6-4-2/h6,12-13,20-21,23-24,27-30,34-36,43-46,49-52H,3-5,7-11,14-19,22,25-26,31-33,37-42H2,1-2H3,(H,55,56)/b13-12-,23-20-,24-21-,27-6-,34-28+,35-29+,36-30-/t43-,44-,45+,46-/m1/s1. The van der Waals surface area contributed by atoms with Crippen molar-refractivity contribution in [2.75, 3.05) is 26.4 Å². The van der Waals surface area contributed by atoms with E-state index in [1.807, 2.05) is 49.5 Å². The number of ether oxygens (including phenoxy) is 2. The van der Waals surface area contributed by atoms with E-state index in [-0.39, 0.29) is 12.8 Å². The number of aliphatic hydroxyl groups excluding tert-OH is 4. The van der Waals surface area contributed by atoms with Gasteiger partial charge in [-0.1, -0.05) is 163 Å². The van der Waals surface area contributed by atoms with Crippen LogP contribution in [0.15, 0.2) is 85.1 Å². The lowest BCUT2D eigenvalue weighted by atomic mass is 10.1. The molecule has 0 fully saturated rings. The molecule has 5 atom stereocenters. The highest BCUT2D eigenvalue weighted by molar-refractivity contribution is 7.47. The lowest BCUT2D eigenvalue weighted by Gasteiger charge is -2.20. The first-order valence-corrected chi connectivity index (χ1v) is 24.3. The fraction of sp³-hybridized carbons (Fsp3) is 0.667. The molecule has 0 saturated heterocycles. The molecule has 13 heteroatoms. The molecule has 0 aromatic heterocycles. The first kappa shape index (κ1) is 58.1. The number of aliphatic hydroxyl groups is 4. The Kier molecular flexibility index (Phi) is 40.3. The number of phosphoric ester groups is 1. The number of phosphoric acid groups is 1. The summed E-state index contributed by atoms with van der Waals surface area (Å²) in [6.45, 7) is 1.95. The Morgan fingerprint density at radius 1 is 0.590 bits per heavy atom. The average molecular weight is 881 g/mol. The summed E-state index contributed by atoms with van der Waals surface area (Å²) in [4.78, 5) is 35.0. The van der Waals surface area contributed by atoms with Gasteiger partial charge in [0.25, 0.3) is 0 Å². The third-order valence-electron chi connectivity index (χ3n) is 9.21. The van der Waals surface area contributed by atoms with Crippen molar-refractivity contribution < 1.29 is 58.0 Å². The van der Waals surface area contributed by atoms with Crippen molar-refractivity contribution in [2.45, 2.75) is 180 Å². The van der Waals surface area contributed by atoms with Crippen LogP contribution in [-0.4, -0.2) is 88.1 Å². The van der Waals surface area contributed by atoms with E-state index >= 15 is 0 Å². The van der Waals surface area contributed by atoms with E-state index in [4.69, 9.17) is 19.1 Å². The van der Waals surface area contributed by atoms with Crippen molar-refractivity contribution in [1.29, 1.82) is 0 Å². The molecule has 0 amide bonds. The summed E-state index contributed by atoms with van der Waals surface area (Å²) in [6, 6.07) is 0. The Hall–Kier alpha value is -2.93. The fourth-order valence-electron chi connectivity index (χ4n) is 5.67. The van der Waals surface area contributed by atoms with Gasteiger partial charge in [0.05, 0.1) is 32.0 Å². The van der Waals surface area contributed by atoms with Crippen LogP contribution in [0, 0.1) is 0 Å². The zero-order valence-corrected chi connectivity index (χ0v) is 38.2. The molecule has 350 valence electrons. The van der Waals surface area contributed by atoms with Gasteiger partial charge in [-0.15, -0.1) is 0 Å². The maximum Gasteiger partial charge on any atom is 0.472 e. The van der Waals surface area contributed by atoms with Gasteiger partial charge in [-0.25, -0.2) is 4.57 Å². The van der Waals surface area contributed by atoms with E-state index in [1.54, 1.807) is 30.4 Å². The summed E-state index contributed by atoms with van der Waals surface area (Å²) in [5, 5.41) is 38.3. The first-order valence-electron chi connectivity index (χ1n) is 22.8. The van der Waals surface area contributed by atoms with Crippen molar-refractivity contribution in [3.63, 3.8) is 0 Å². The van der Waals surface area contributed by atoms with Crippen molar-refractivity contribution >= 4 is 19.8 Å². The summed E-state index contributed by atoms with van der Waals surface area (Å²) in [5.74, 6) is -1.12. The van der Waals surface area contributed by atoms with Gasteiger partial charge in [-0.2, -0.15) is 0 Å². The van der Waals surface area contributed by atoms with Crippen LogP contribution >= 0.6 is 7.82 Å². The monoisotopic (exact) mass is 881 g/mol. The van der Waals surface area contributed by atoms with Gasteiger partial charge in [-0.3, -0.25) is 18.6 Å². The second-order valence-corrected chi connectivity index (χ2v) is 16.5. The molecular weight excluding hydrogens is 799 g/mol. The lowest BCUT2D eigenvalue weighted by molar-refractivity contribution is -0.161. The van der Waals surface area contributed by atoms with Crippen LogP contribution in [0.2, 0.25) is 0 Å². The molecule has 0 spiro atoms. The second-order valence-electron chi connectivity index (χ2n) is 15.1. The Labute approximate surface area is 367 Å². The predicted molar refractivity (Wildman–Crippen MR) is 245 cm³/mol. The number of unbranched alkanes of at least 4 members (excludes halogenated alkanes) is 14. The van der Waals surface area contributed by atoms with Crippen molar-refractivity contribution in [3.8, 4) is 0 Å². The van der Waals surface area contributed by atoms with Gasteiger partial charge < -0.3 is 34.8 Å². The zero-order valence-electron chi connectivity index (χ0n) is 37.3. The van der Waals surface area contributed by atoms with Crippen molar-refractivity contribution in [1.82, 2.24) is 0 Å². The van der Waals surface area contributed by atoms with E-state index in [2.05, 4.69) is 23.6 Å². The van der Waals surface area contributed by atoms with Gasteiger partial charge in [0.2, 0.25) is 0 Å². The first-order chi connectivity index (χ1) is 29.5. The number of esters is 2. The molecule has 0 aliphatic rings. The highest BCUT2D eigenvalue weighted by Gasteiger charge is 2.27. The highest BCUT2D eigenvalue weighted by atomic mass is 31.2. The minimum Gasteiger partial charge on any atom is -0.462 e. The second kappa shape index (κ2) is 42.4. The van der Waals surface area contributed by atoms with Crippen molar-refractivity contribution in [3.05, 3.63) is 85.1 Å². The minimum absolute atomic E-state index is 0.0503. The molecule has 5 N–H and O–H groups in total. The van der Waals surface area contributed by atoms with Crippen molar-refractivity contribution in [2.24, 2.45) is 0 Å². The third kappa shape index (κ3) is 42.2. The smallest absolute Gasteiger partial charge is 0.462 e. The Morgan fingerprint density at radius 2 is 1.16 bits per heavy atom. The number of allylic oxidation sites excluding steroid dienone is 10. The Balaban J connectivity index is 4.53. The van der Waals surface area contributed by atoms with Crippen LogP contribution in [0.3, 0.4) is 0 Å². The van der Waals surface area contributed by atoms with Gasteiger partial charge in [-0.05, 0) is 64.2 Å². The number of rotatable bonds is 41. The average Bonchev–Trinajstić information content (AvgIpc) is 3.24. The summed E-state index contributed by atoms with van der Waals surface area (Å²) in [6.07, 6.45) is 43.3. The highest BCUT2D eigenvalue weighted by Crippen LogP contribution is 2.43. The molecule has 12 nitrogen and oxygen atoms in total. The summed E-state index contributed by atoms with van der Waals surface area (Å²) in [7, 11) is -4.67. The molecule has 0 bridgehead atoms. The SMILES string of the molecule is CC/C=C\C[C@@H](O)/C=C/C=C\C/C=C\C=C\[C@@H](O)/C=C\CCCC(=O)OC[C@H](COP(=O)(O)OC[C@@H](O)CO)OC(=O)CCCCCCCCC/C=C\CCCCCCCC. The predicted octanol–water partition coefficient (Wildman–Crippen LogP) is 10.2. The summed E-state index contributed by atoms with van der Waals surface area (Å²) >= 11 is 0. The normalized spacial score (nSPS) is 15.6. The van der Waals surface area contributed by atoms with Gasteiger partial charge in [0, 0.05) is 12.8 Å². The van der Waals surface area contributed by atoms with E-state index in [9.17, 15) is 34.4 Å². The topological polar surface area (TPSA) is 189 Å². The third-order valence-corrected chi connectivity index (χ3v) is 10.2.